The van der Waals surface area contributed by atoms with Gasteiger partial charge in [0.1, 0.15) is 5.60 Å². The first-order valence-electron chi connectivity index (χ1n) is 5.51. The van der Waals surface area contributed by atoms with E-state index < -0.39 is 5.60 Å². The average Bonchev–Trinajstić information content (AvgIpc) is 2.54. The molecule has 0 radical (unpaired) electrons. The Morgan fingerprint density at radius 2 is 1.93 bits per heavy atom. The summed E-state index contributed by atoms with van der Waals surface area (Å²) >= 11 is 0. The quantitative estimate of drug-likeness (QED) is 0.709. The number of fused-ring (bicyclic) bond motifs is 1. The highest BCUT2D eigenvalue weighted by molar-refractivity contribution is 5.68. The number of rotatable bonds is 1. The number of carbonyl (C=O) groups is 1. The topological polar surface area (TPSA) is 49.8 Å². The molecule has 2 rings (SSSR count). The number of hydrogen-bond donors (Lipinski definition) is 1. The zero-order chi connectivity index (χ0) is 11.2. The Bertz CT molecular complexity index is 259. The molecule has 1 heterocycles. The predicted octanol–water partition coefficient (Wildman–Crippen LogP) is 1.09. The van der Waals surface area contributed by atoms with Gasteiger partial charge in [-0.1, -0.05) is 0 Å². The Morgan fingerprint density at radius 3 is 2.33 bits per heavy atom. The van der Waals surface area contributed by atoms with Crippen molar-refractivity contribution in [2.24, 2.45) is 17.8 Å². The van der Waals surface area contributed by atoms with Gasteiger partial charge in [-0.25, -0.2) is 4.79 Å². The van der Waals surface area contributed by atoms with Gasteiger partial charge in [-0.2, -0.15) is 0 Å². The van der Waals surface area contributed by atoms with E-state index in [1.807, 2.05) is 20.8 Å². The monoisotopic (exact) mass is 213 g/mol. The van der Waals surface area contributed by atoms with E-state index in [4.69, 9.17) is 9.84 Å². The van der Waals surface area contributed by atoms with E-state index in [2.05, 4.69) is 0 Å². The van der Waals surface area contributed by atoms with Crippen LogP contribution >= 0.6 is 0 Å². The summed E-state index contributed by atoms with van der Waals surface area (Å²) in [5.41, 5.74) is -0.416. The first-order valence-corrected chi connectivity index (χ1v) is 5.51. The van der Waals surface area contributed by atoms with Gasteiger partial charge in [-0.15, -0.1) is 0 Å². The lowest BCUT2D eigenvalue weighted by Crippen LogP contribution is -2.37. The van der Waals surface area contributed by atoms with E-state index in [1.165, 1.54) is 0 Å². The van der Waals surface area contributed by atoms with Crippen LogP contribution in [-0.4, -0.2) is 41.4 Å². The number of likely N-dealkylation sites (tertiary alicyclic amines) is 1. The minimum absolute atomic E-state index is 0.216. The first-order chi connectivity index (χ1) is 6.92. The summed E-state index contributed by atoms with van der Waals surface area (Å²) in [4.78, 5) is 13.4. The maximum Gasteiger partial charge on any atom is 0.410 e. The Morgan fingerprint density at radius 1 is 1.40 bits per heavy atom. The van der Waals surface area contributed by atoms with E-state index in [1.54, 1.807) is 4.90 Å². The number of ether oxygens (including phenoxy) is 1. The second kappa shape index (κ2) is 3.37. The lowest BCUT2D eigenvalue weighted by molar-refractivity contribution is 0.0259. The van der Waals surface area contributed by atoms with E-state index in [-0.39, 0.29) is 12.7 Å². The summed E-state index contributed by atoms with van der Waals surface area (Å²) in [6, 6.07) is 0. The summed E-state index contributed by atoms with van der Waals surface area (Å²) in [6.45, 7) is 7.39. The molecule has 2 fully saturated rings. The van der Waals surface area contributed by atoms with E-state index in [0.717, 1.165) is 13.1 Å². The zero-order valence-corrected chi connectivity index (χ0v) is 9.56. The Labute approximate surface area is 90.2 Å². The molecule has 1 saturated heterocycles. The number of carbonyl (C=O) groups excluding carboxylic acids is 1. The van der Waals surface area contributed by atoms with E-state index in [0.29, 0.717) is 17.8 Å². The Kier molecular flexibility index (Phi) is 2.41. The molecular weight excluding hydrogens is 194 g/mol. The molecule has 4 nitrogen and oxygen atoms in total. The van der Waals surface area contributed by atoms with E-state index in [9.17, 15) is 4.79 Å². The van der Waals surface area contributed by atoms with Gasteiger partial charge in [-0.3, -0.25) is 0 Å². The van der Waals surface area contributed by atoms with Gasteiger partial charge in [0.2, 0.25) is 0 Å². The number of nitrogens with zero attached hydrogens (tertiary/aromatic N) is 1. The molecule has 1 N–H and O–H groups in total. The number of piperidine rings is 1. The van der Waals surface area contributed by atoms with Crippen LogP contribution in [0.25, 0.3) is 0 Å². The third-order valence-corrected chi connectivity index (χ3v) is 3.23. The van der Waals surface area contributed by atoms with Gasteiger partial charge < -0.3 is 14.7 Å². The minimum atomic E-state index is -0.416. The van der Waals surface area contributed by atoms with Gasteiger partial charge in [0.15, 0.2) is 0 Å². The lowest BCUT2D eigenvalue weighted by atomic mass is 10.2. The van der Waals surface area contributed by atoms with Gasteiger partial charge in [0.25, 0.3) is 0 Å². The molecule has 0 aromatic rings. The highest BCUT2D eigenvalue weighted by atomic mass is 16.6. The largest absolute Gasteiger partial charge is 0.444 e. The standard InChI is InChI=1S/C11H19NO3/c1-11(2,3)15-10(14)12-4-7-8(5-12)9(7)6-13/h7-9,13H,4-6H2,1-3H3. The molecule has 0 bridgehead atoms. The molecule has 2 aliphatic rings. The maximum atomic E-state index is 11.7. The summed E-state index contributed by atoms with van der Waals surface area (Å²) in [6.07, 6.45) is -0.216. The highest BCUT2D eigenvalue weighted by Gasteiger charge is 2.56. The fourth-order valence-corrected chi connectivity index (χ4v) is 2.40. The molecule has 0 aromatic carbocycles. The van der Waals surface area contributed by atoms with Crippen LogP contribution in [0.2, 0.25) is 0 Å². The number of amides is 1. The van der Waals surface area contributed by atoms with Crippen LogP contribution in [-0.2, 0) is 4.74 Å². The molecule has 4 heteroatoms. The number of aliphatic hydroxyl groups is 1. The van der Waals surface area contributed by atoms with Gasteiger partial charge in [0.05, 0.1) is 0 Å². The molecule has 1 aliphatic heterocycles. The van der Waals surface area contributed by atoms with Crippen LogP contribution in [0.5, 0.6) is 0 Å². The molecule has 1 saturated carbocycles. The minimum Gasteiger partial charge on any atom is -0.444 e. The molecule has 0 spiro atoms. The second-order valence-corrected chi connectivity index (χ2v) is 5.56. The summed E-state index contributed by atoms with van der Waals surface area (Å²) in [7, 11) is 0. The predicted molar refractivity (Wildman–Crippen MR) is 55.4 cm³/mol. The van der Waals surface area contributed by atoms with Crippen LogP contribution in [0, 0.1) is 17.8 Å². The van der Waals surface area contributed by atoms with Crippen molar-refractivity contribution in [2.75, 3.05) is 19.7 Å². The molecule has 1 amide bonds. The van der Waals surface area contributed by atoms with Crippen molar-refractivity contribution in [1.82, 2.24) is 4.90 Å². The van der Waals surface area contributed by atoms with Crippen LogP contribution in [0.15, 0.2) is 0 Å². The Hall–Kier alpha value is -0.770. The molecule has 2 unspecified atom stereocenters. The van der Waals surface area contributed by atoms with Gasteiger partial charge in [0, 0.05) is 19.7 Å². The summed E-state index contributed by atoms with van der Waals surface area (Å²) in [5, 5.41) is 8.99. The highest BCUT2D eigenvalue weighted by Crippen LogP contribution is 2.51. The summed E-state index contributed by atoms with van der Waals surface area (Å²) in [5.74, 6) is 1.47. The fourth-order valence-electron chi connectivity index (χ4n) is 2.40. The molecule has 15 heavy (non-hydrogen) atoms. The zero-order valence-electron chi connectivity index (χ0n) is 9.56. The van der Waals surface area contributed by atoms with Crippen molar-refractivity contribution in [2.45, 2.75) is 26.4 Å². The normalized spacial score (nSPS) is 33.9. The lowest BCUT2D eigenvalue weighted by Gasteiger charge is -2.25. The summed E-state index contributed by atoms with van der Waals surface area (Å²) < 4.78 is 5.28. The smallest absolute Gasteiger partial charge is 0.410 e. The van der Waals surface area contributed by atoms with Crippen LogP contribution in [0.4, 0.5) is 4.79 Å². The van der Waals surface area contributed by atoms with Crippen molar-refractivity contribution in [3.63, 3.8) is 0 Å². The van der Waals surface area contributed by atoms with E-state index >= 15 is 0 Å². The van der Waals surface area contributed by atoms with Crippen molar-refractivity contribution >= 4 is 6.09 Å². The third-order valence-electron chi connectivity index (χ3n) is 3.23. The van der Waals surface area contributed by atoms with Crippen molar-refractivity contribution < 1.29 is 14.6 Å². The first kappa shape index (κ1) is 10.7. The number of hydrogen-bond acceptors (Lipinski definition) is 3. The van der Waals surface area contributed by atoms with Crippen molar-refractivity contribution in [3.05, 3.63) is 0 Å². The average molecular weight is 213 g/mol. The molecule has 1 aliphatic carbocycles. The second-order valence-electron chi connectivity index (χ2n) is 5.56. The van der Waals surface area contributed by atoms with Gasteiger partial charge in [-0.05, 0) is 38.5 Å². The van der Waals surface area contributed by atoms with Crippen molar-refractivity contribution in [1.29, 1.82) is 0 Å². The molecule has 0 aromatic heterocycles. The number of aliphatic hydroxyl groups excluding tert-OH is 1. The fraction of sp³-hybridized carbons (Fsp3) is 0.909. The van der Waals surface area contributed by atoms with Gasteiger partial charge >= 0.3 is 6.09 Å². The van der Waals surface area contributed by atoms with Crippen LogP contribution in [0.1, 0.15) is 20.8 Å². The van der Waals surface area contributed by atoms with Crippen molar-refractivity contribution in [3.8, 4) is 0 Å². The SMILES string of the molecule is CC(C)(C)OC(=O)N1CC2C(CO)C2C1. The third kappa shape index (κ3) is 2.09. The molecule has 86 valence electrons. The Balaban J connectivity index is 1.82. The molecule has 2 atom stereocenters. The maximum absolute atomic E-state index is 11.7. The molecular formula is C11H19NO3. The van der Waals surface area contributed by atoms with Crippen LogP contribution in [0.3, 0.4) is 0 Å². The van der Waals surface area contributed by atoms with Crippen LogP contribution < -0.4 is 0 Å².